The van der Waals surface area contributed by atoms with Crippen LogP contribution in [0.4, 0.5) is 0 Å². The Bertz CT molecular complexity index is 666. The summed E-state index contributed by atoms with van der Waals surface area (Å²) in [4.78, 5) is 18.1. The molecule has 0 saturated heterocycles. The number of carbonyl (C=O) groups is 1. The van der Waals surface area contributed by atoms with Crippen molar-refractivity contribution in [2.75, 3.05) is 6.54 Å². The predicted molar refractivity (Wildman–Crippen MR) is 98.3 cm³/mol. The number of aromatic nitrogens is 1. The topological polar surface area (TPSA) is 42.0 Å². The third-order valence-corrected chi connectivity index (χ3v) is 5.69. The first-order chi connectivity index (χ1) is 11.7. The van der Waals surface area contributed by atoms with Crippen LogP contribution in [0.25, 0.3) is 0 Å². The number of hydrogen-bond acceptors (Lipinski definition) is 3. The molecule has 126 valence electrons. The van der Waals surface area contributed by atoms with E-state index in [0.717, 1.165) is 22.4 Å². The summed E-state index contributed by atoms with van der Waals surface area (Å²) in [5.74, 6) is 1.44. The van der Waals surface area contributed by atoms with Crippen molar-refractivity contribution >= 4 is 17.7 Å². The van der Waals surface area contributed by atoms with E-state index in [1.807, 2.05) is 42.5 Å². The largest absolute Gasteiger partial charge is 0.352 e. The molecule has 1 aliphatic rings. The highest BCUT2D eigenvalue weighted by atomic mass is 32.2. The molecule has 1 aromatic heterocycles. The number of rotatable bonds is 5. The van der Waals surface area contributed by atoms with E-state index in [9.17, 15) is 4.79 Å². The number of nitrogens with zero attached hydrogens (tertiary/aromatic N) is 1. The maximum atomic E-state index is 12.6. The normalized spacial score (nSPS) is 20.5. The van der Waals surface area contributed by atoms with Gasteiger partial charge in [0.15, 0.2) is 0 Å². The van der Waals surface area contributed by atoms with Crippen molar-refractivity contribution < 1.29 is 4.79 Å². The zero-order valence-electron chi connectivity index (χ0n) is 14.1. The SMILES string of the molecule is CC1CCC(CNC(=O)c2cccnc2Sc2ccccc2)CC1. The monoisotopic (exact) mass is 340 g/mol. The number of hydrogen-bond donors (Lipinski definition) is 1. The van der Waals surface area contributed by atoms with Gasteiger partial charge < -0.3 is 5.32 Å². The number of carbonyl (C=O) groups excluding carboxylic acids is 1. The quantitative estimate of drug-likeness (QED) is 0.851. The molecule has 0 bridgehead atoms. The standard InChI is InChI=1S/C20H24N2OS/c1-15-9-11-16(12-10-15)14-22-19(23)18-8-5-13-21-20(18)24-17-6-3-2-4-7-17/h2-8,13,15-16H,9-12,14H2,1H3,(H,22,23). The van der Waals surface area contributed by atoms with Gasteiger partial charge in [-0.2, -0.15) is 0 Å². The van der Waals surface area contributed by atoms with Gasteiger partial charge in [-0.3, -0.25) is 4.79 Å². The average molecular weight is 340 g/mol. The van der Waals surface area contributed by atoms with Crippen molar-refractivity contribution in [3.63, 3.8) is 0 Å². The molecule has 0 aliphatic heterocycles. The number of amides is 1. The molecule has 1 fully saturated rings. The Balaban J connectivity index is 1.62. The average Bonchev–Trinajstić information content (AvgIpc) is 2.62. The van der Waals surface area contributed by atoms with Gasteiger partial charge >= 0.3 is 0 Å². The lowest BCUT2D eigenvalue weighted by Crippen LogP contribution is -2.31. The van der Waals surface area contributed by atoms with E-state index in [-0.39, 0.29) is 5.91 Å². The van der Waals surface area contributed by atoms with Crippen LogP contribution >= 0.6 is 11.8 Å². The first-order valence-corrected chi connectivity index (χ1v) is 9.50. The molecule has 1 aliphatic carbocycles. The van der Waals surface area contributed by atoms with Crippen LogP contribution in [-0.2, 0) is 0 Å². The summed E-state index contributed by atoms with van der Waals surface area (Å²) in [7, 11) is 0. The summed E-state index contributed by atoms with van der Waals surface area (Å²) >= 11 is 1.53. The van der Waals surface area contributed by atoms with Crippen molar-refractivity contribution in [3.8, 4) is 0 Å². The predicted octanol–water partition coefficient (Wildman–Crippen LogP) is 4.79. The Labute approximate surface area is 148 Å². The summed E-state index contributed by atoms with van der Waals surface area (Å²) < 4.78 is 0. The second-order valence-electron chi connectivity index (χ2n) is 6.61. The molecule has 1 amide bonds. The molecule has 1 aromatic carbocycles. The fraction of sp³-hybridized carbons (Fsp3) is 0.400. The first-order valence-electron chi connectivity index (χ1n) is 8.68. The summed E-state index contributed by atoms with van der Waals surface area (Å²) in [6, 6.07) is 13.7. The Morgan fingerprint density at radius 1 is 1.12 bits per heavy atom. The lowest BCUT2D eigenvalue weighted by molar-refractivity contribution is 0.0938. The van der Waals surface area contributed by atoms with Crippen LogP contribution in [0.2, 0.25) is 0 Å². The maximum Gasteiger partial charge on any atom is 0.254 e. The third kappa shape index (κ3) is 4.60. The van der Waals surface area contributed by atoms with E-state index in [1.54, 1.807) is 6.20 Å². The molecule has 2 aromatic rings. The highest BCUT2D eigenvalue weighted by Crippen LogP contribution is 2.29. The molecule has 0 radical (unpaired) electrons. The van der Waals surface area contributed by atoms with Crippen LogP contribution in [0.1, 0.15) is 43.0 Å². The summed E-state index contributed by atoms with van der Waals surface area (Å²) in [6.07, 6.45) is 6.75. The van der Waals surface area contributed by atoms with E-state index in [4.69, 9.17) is 0 Å². The molecule has 0 spiro atoms. The zero-order chi connectivity index (χ0) is 16.8. The van der Waals surface area contributed by atoms with Crippen molar-refractivity contribution in [1.82, 2.24) is 10.3 Å². The van der Waals surface area contributed by atoms with Crippen LogP contribution in [-0.4, -0.2) is 17.4 Å². The second-order valence-corrected chi connectivity index (χ2v) is 7.67. The number of benzene rings is 1. The fourth-order valence-corrected chi connectivity index (χ4v) is 4.01. The molecule has 1 saturated carbocycles. The van der Waals surface area contributed by atoms with Crippen LogP contribution < -0.4 is 5.32 Å². The molecule has 1 heterocycles. The van der Waals surface area contributed by atoms with Crippen molar-refractivity contribution in [2.24, 2.45) is 11.8 Å². The highest BCUT2D eigenvalue weighted by molar-refractivity contribution is 7.99. The van der Waals surface area contributed by atoms with E-state index < -0.39 is 0 Å². The third-order valence-electron chi connectivity index (χ3n) is 4.66. The van der Waals surface area contributed by atoms with Crippen LogP contribution in [0.5, 0.6) is 0 Å². The van der Waals surface area contributed by atoms with Crippen molar-refractivity contribution in [3.05, 3.63) is 54.2 Å². The van der Waals surface area contributed by atoms with Crippen LogP contribution in [0, 0.1) is 11.8 Å². The molecule has 4 heteroatoms. The molecule has 3 nitrogen and oxygen atoms in total. The molecule has 0 unspecified atom stereocenters. The van der Waals surface area contributed by atoms with Gasteiger partial charge in [-0.1, -0.05) is 49.7 Å². The zero-order valence-corrected chi connectivity index (χ0v) is 14.9. The van der Waals surface area contributed by atoms with E-state index in [0.29, 0.717) is 11.5 Å². The minimum Gasteiger partial charge on any atom is -0.352 e. The molecular formula is C20H24N2OS. The van der Waals surface area contributed by atoms with Gasteiger partial charge in [-0.25, -0.2) is 4.98 Å². The van der Waals surface area contributed by atoms with Gasteiger partial charge in [0.2, 0.25) is 0 Å². The Kier molecular flexibility index (Phi) is 5.91. The smallest absolute Gasteiger partial charge is 0.254 e. The Morgan fingerprint density at radius 2 is 1.88 bits per heavy atom. The number of pyridine rings is 1. The van der Waals surface area contributed by atoms with Crippen LogP contribution in [0.15, 0.2) is 58.6 Å². The van der Waals surface area contributed by atoms with Gasteiger partial charge in [-0.05, 0) is 48.9 Å². The van der Waals surface area contributed by atoms with Gasteiger partial charge in [0, 0.05) is 17.6 Å². The highest BCUT2D eigenvalue weighted by Gasteiger charge is 2.20. The summed E-state index contributed by atoms with van der Waals surface area (Å²) in [5.41, 5.74) is 0.663. The van der Waals surface area contributed by atoms with Crippen molar-refractivity contribution in [2.45, 2.75) is 42.5 Å². The Morgan fingerprint density at radius 3 is 2.62 bits per heavy atom. The minimum absolute atomic E-state index is 0.0137. The molecule has 3 rings (SSSR count). The molecule has 24 heavy (non-hydrogen) atoms. The van der Waals surface area contributed by atoms with Crippen LogP contribution in [0.3, 0.4) is 0 Å². The van der Waals surface area contributed by atoms with E-state index in [2.05, 4.69) is 17.2 Å². The fourth-order valence-electron chi connectivity index (χ4n) is 3.11. The molecular weight excluding hydrogens is 316 g/mol. The molecule has 0 atom stereocenters. The van der Waals surface area contributed by atoms with Gasteiger partial charge in [-0.15, -0.1) is 0 Å². The first kappa shape index (κ1) is 17.0. The summed E-state index contributed by atoms with van der Waals surface area (Å²) in [6.45, 7) is 3.09. The summed E-state index contributed by atoms with van der Waals surface area (Å²) in [5, 5.41) is 3.88. The lowest BCUT2D eigenvalue weighted by atomic mass is 9.83. The number of nitrogens with one attached hydrogen (secondary N) is 1. The molecule has 1 N–H and O–H groups in total. The van der Waals surface area contributed by atoms with Gasteiger partial charge in [0.25, 0.3) is 5.91 Å². The van der Waals surface area contributed by atoms with Crippen molar-refractivity contribution in [1.29, 1.82) is 0 Å². The van der Waals surface area contributed by atoms with E-state index >= 15 is 0 Å². The second kappa shape index (κ2) is 8.34. The van der Waals surface area contributed by atoms with Gasteiger partial charge in [0.1, 0.15) is 5.03 Å². The Hall–Kier alpha value is -1.81. The minimum atomic E-state index is -0.0137. The van der Waals surface area contributed by atoms with E-state index in [1.165, 1.54) is 37.4 Å². The maximum absolute atomic E-state index is 12.6. The lowest BCUT2D eigenvalue weighted by Gasteiger charge is -2.26. The van der Waals surface area contributed by atoms with Gasteiger partial charge in [0.05, 0.1) is 5.56 Å².